The number of anilines is 1. The van der Waals surface area contributed by atoms with Gasteiger partial charge in [0.2, 0.25) is 0 Å². The van der Waals surface area contributed by atoms with Gasteiger partial charge in [-0.3, -0.25) is 9.69 Å². The van der Waals surface area contributed by atoms with Gasteiger partial charge in [0.1, 0.15) is 5.75 Å². The van der Waals surface area contributed by atoms with E-state index in [1.807, 2.05) is 0 Å². The number of nitrogens with zero attached hydrogens (tertiary/aromatic N) is 1. The standard InChI is InChI=1S/C17H26ClN3O3/c1-11(2)9-21-4-5-24-12(10-21)8-20-17(22)13-6-14(18)15(19)7-16(13)23-3/h6-7,11-12H,4-5,8-10,19H2,1-3H3,(H,20,22). The van der Waals surface area contributed by atoms with Crippen LogP contribution in [0.15, 0.2) is 12.1 Å². The maximum atomic E-state index is 12.4. The third-order valence-electron chi connectivity index (χ3n) is 3.90. The average molecular weight is 356 g/mol. The summed E-state index contributed by atoms with van der Waals surface area (Å²) >= 11 is 6.01. The van der Waals surface area contributed by atoms with Crippen molar-refractivity contribution < 1.29 is 14.3 Å². The van der Waals surface area contributed by atoms with Crippen LogP contribution < -0.4 is 15.8 Å². The van der Waals surface area contributed by atoms with Gasteiger partial charge < -0.3 is 20.5 Å². The highest BCUT2D eigenvalue weighted by Gasteiger charge is 2.22. The molecule has 0 saturated carbocycles. The highest BCUT2D eigenvalue weighted by Crippen LogP contribution is 2.28. The number of methoxy groups -OCH3 is 1. The zero-order valence-corrected chi connectivity index (χ0v) is 15.2. The van der Waals surface area contributed by atoms with E-state index in [0.717, 1.165) is 19.6 Å². The van der Waals surface area contributed by atoms with Crippen molar-refractivity contribution in [3.05, 3.63) is 22.7 Å². The Hall–Kier alpha value is -1.50. The molecule has 1 unspecified atom stereocenters. The molecule has 3 N–H and O–H groups in total. The molecule has 134 valence electrons. The molecule has 7 heteroatoms. The molecule has 1 aromatic carbocycles. The normalized spacial score (nSPS) is 18.6. The molecule has 2 rings (SSSR count). The Morgan fingerprint density at radius 1 is 1.54 bits per heavy atom. The molecule has 0 aromatic heterocycles. The lowest BCUT2D eigenvalue weighted by Gasteiger charge is -2.34. The predicted molar refractivity (Wildman–Crippen MR) is 95.8 cm³/mol. The van der Waals surface area contributed by atoms with Crippen LogP contribution in [0, 0.1) is 5.92 Å². The molecule has 0 bridgehead atoms. The van der Waals surface area contributed by atoms with Crippen molar-refractivity contribution in [2.45, 2.75) is 20.0 Å². The zero-order chi connectivity index (χ0) is 17.7. The number of halogens is 1. The number of nitrogens with two attached hydrogens (primary N) is 1. The molecule has 1 saturated heterocycles. The second-order valence-electron chi connectivity index (χ2n) is 6.43. The number of rotatable bonds is 6. The fraction of sp³-hybridized carbons (Fsp3) is 0.588. The number of nitrogens with one attached hydrogen (secondary N) is 1. The summed E-state index contributed by atoms with van der Waals surface area (Å²) in [7, 11) is 1.49. The van der Waals surface area contributed by atoms with Crippen molar-refractivity contribution in [3.63, 3.8) is 0 Å². The molecule has 0 aliphatic carbocycles. The number of benzene rings is 1. The summed E-state index contributed by atoms with van der Waals surface area (Å²) in [4.78, 5) is 14.8. The number of hydrogen-bond donors (Lipinski definition) is 2. The fourth-order valence-electron chi connectivity index (χ4n) is 2.80. The Bertz CT molecular complexity index is 580. The SMILES string of the molecule is COc1cc(N)c(Cl)cc1C(=O)NCC1CN(CC(C)C)CCO1. The lowest BCUT2D eigenvalue weighted by Crippen LogP contribution is -2.48. The summed E-state index contributed by atoms with van der Waals surface area (Å²) in [5.74, 6) is 0.762. The second-order valence-corrected chi connectivity index (χ2v) is 6.84. The van der Waals surface area contributed by atoms with Crippen molar-refractivity contribution in [1.29, 1.82) is 0 Å². The number of amides is 1. The molecule has 6 nitrogen and oxygen atoms in total. The van der Waals surface area contributed by atoms with E-state index in [-0.39, 0.29) is 12.0 Å². The van der Waals surface area contributed by atoms with Crippen molar-refractivity contribution in [2.24, 2.45) is 5.92 Å². The molecule has 1 heterocycles. The Morgan fingerprint density at radius 2 is 2.29 bits per heavy atom. The fourth-order valence-corrected chi connectivity index (χ4v) is 2.97. The van der Waals surface area contributed by atoms with E-state index in [1.165, 1.54) is 13.2 Å². The van der Waals surface area contributed by atoms with E-state index < -0.39 is 0 Å². The first-order valence-electron chi connectivity index (χ1n) is 8.15. The lowest BCUT2D eigenvalue weighted by molar-refractivity contribution is -0.0295. The minimum atomic E-state index is -0.252. The molecule has 1 fully saturated rings. The molecule has 1 aromatic rings. The summed E-state index contributed by atoms with van der Waals surface area (Å²) in [6, 6.07) is 3.08. The molecule has 0 spiro atoms. The summed E-state index contributed by atoms with van der Waals surface area (Å²) in [5, 5.41) is 3.23. The third-order valence-corrected chi connectivity index (χ3v) is 4.23. The van der Waals surface area contributed by atoms with Crippen LogP contribution in [-0.4, -0.2) is 56.8 Å². The van der Waals surface area contributed by atoms with Crippen LogP contribution in [0.4, 0.5) is 5.69 Å². The first kappa shape index (κ1) is 18.8. The van der Waals surface area contributed by atoms with Crippen LogP contribution in [0.3, 0.4) is 0 Å². The van der Waals surface area contributed by atoms with Gasteiger partial charge >= 0.3 is 0 Å². The number of morpholine rings is 1. The number of ether oxygens (including phenoxy) is 2. The third kappa shape index (κ3) is 5.00. The van der Waals surface area contributed by atoms with Gasteiger partial charge in [0.15, 0.2) is 0 Å². The number of carbonyl (C=O) groups excluding carboxylic acids is 1. The van der Waals surface area contributed by atoms with Gasteiger partial charge in [-0.15, -0.1) is 0 Å². The topological polar surface area (TPSA) is 76.8 Å². The minimum Gasteiger partial charge on any atom is -0.496 e. The van der Waals surface area contributed by atoms with Crippen molar-refractivity contribution in [3.8, 4) is 5.75 Å². The van der Waals surface area contributed by atoms with Gasteiger partial charge in [-0.1, -0.05) is 25.4 Å². The maximum absolute atomic E-state index is 12.4. The molecule has 1 amide bonds. The highest BCUT2D eigenvalue weighted by atomic mass is 35.5. The highest BCUT2D eigenvalue weighted by molar-refractivity contribution is 6.33. The van der Waals surface area contributed by atoms with Gasteiger partial charge in [0.25, 0.3) is 5.91 Å². The number of hydrogen-bond acceptors (Lipinski definition) is 5. The molecule has 1 aliphatic heterocycles. The summed E-state index contributed by atoms with van der Waals surface area (Å²) in [6.45, 7) is 8.31. The number of nitrogen functional groups attached to an aromatic ring is 1. The van der Waals surface area contributed by atoms with Gasteiger partial charge in [-0.25, -0.2) is 0 Å². The summed E-state index contributed by atoms with van der Waals surface area (Å²) in [5.41, 5.74) is 6.49. The van der Waals surface area contributed by atoms with Crippen molar-refractivity contribution >= 4 is 23.2 Å². The van der Waals surface area contributed by atoms with Crippen molar-refractivity contribution in [2.75, 3.05) is 45.6 Å². The Morgan fingerprint density at radius 3 is 2.96 bits per heavy atom. The van der Waals surface area contributed by atoms with Gasteiger partial charge in [-0.2, -0.15) is 0 Å². The predicted octanol–water partition coefficient (Wildman–Crippen LogP) is 2.02. The van der Waals surface area contributed by atoms with Crippen LogP contribution >= 0.6 is 11.6 Å². The van der Waals surface area contributed by atoms with E-state index in [2.05, 4.69) is 24.1 Å². The van der Waals surface area contributed by atoms with Crippen LogP contribution in [0.2, 0.25) is 5.02 Å². The maximum Gasteiger partial charge on any atom is 0.255 e. The quantitative estimate of drug-likeness (QED) is 0.763. The average Bonchev–Trinajstić information content (AvgIpc) is 2.54. The Labute approximate surface area is 148 Å². The van der Waals surface area contributed by atoms with E-state index in [4.69, 9.17) is 26.8 Å². The first-order valence-corrected chi connectivity index (χ1v) is 8.53. The summed E-state index contributed by atoms with van der Waals surface area (Å²) < 4.78 is 11.0. The smallest absolute Gasteiger partial charge is 0.255 e. The molecular formula is C17H26ClN3O3. The van der Waals surface area contributed by atoms with E-state index >= 15 is 0 Å². The van der Waals surface area contributed by atoms with Crippen LogP contribution in [-0.2, 0) is 4.74 Å². The zero-order valence-electron chi connectivity index (χ0n) is 14.5. The molecular weight excluding hydrogens is 330 g/mol. The Balaban J connectivity index is 1.94. The lowest BCUT2D eigenvalue weighted by atomic mass is 10.1. The van der Waals surface area contributed by atoms with Crippen LogP contribution in [0.1, 0.15) is 24.2 Å². The van der Waals surface area contributed by atoms with Gasteiger partial charge in [-0.05, 0) is 12.0 Å². The van der Waals surface area contributed by atoms with Crippen LogP contribution in [0.25, 0.3) is 0 Å². The summed E-state index contributed by atoms with van der Waals surface area (Å²) in [6.07, 6.45) is -0.0169. The molecule has 24 heavy (non-hydrogen) atoms. The minimum absolute atomic E-state index is 0.0169. The van der Waals surface area contributed by atoms with Gasteiger partial charge in [0, 0.05) is 32.2 Å². The van der Waals surface area contributed by atoms with E-state index in [0.29, 0.717) is 41.1 Å². The largest absolute Gasteiger partial charge is 0.496 e. The molecule has 1 aliphatic rings. The Kier molecular flexibility index (Phi) is 6.71. The van der Waals surface area contributed by atoms with Crippen LogP contribution in [0.5, 0.6) is 5.75 Å². The monoisotopic (exact) mass is 355 g/mol. The van der Waals surface area contributed by atoms with E-state index in [9.17, 15) is 4.79 Å². The molecule has 1 atom stereocenters. The van der Waals surface area contributed by atoms with Crippen molar-refractivity contribution in [1.82, 2.24) is 10.2 Å². The number of carbonyl (C=O) groups is 1. The molecule has 0 radical (unpaired) electrons. The van der Waals surface area contributed by atoms with E-state index in [1.54, 1.807) is 6.07 Å². The second kappa shape index (κ2) is 8.55. The first-order chi connectivity index (χ1) is 11.4. The van der Waals surface area contributed by atoms with Gasteiger partial charge in [0.05, 0.1) is 36.1 Å².